The number of hydrogen-bond acceptors (Lipinski definition) is 5. The molecule has 7 nitrogen and oxygen atoms in total. The summed E-state index contributed by atoms with van der Waals surface area (Å²) in [5.74, 6) is -2.04. The van der Waals surface area contributed by atoms with Gasteiger partial charge in [0.05, 0.1) is 22.3 Å². The lowest BCUT2D eigenvalue weighted by atomic mass is 10.1. The molecule has 1 atom stereocenters. The van der Waals surface area contributed by atoms with Crippen LogP contribution in [0.3, 0.4) is 0 Å². The molecule has 0 radical (unpaired) electrons. The second kappa shape index (κ2) is 9.77. The van der Waals surface area contributed by atoms with Gasteiger partial charge in [-0.3, -0.25) is 14.4 Å². The minimum Gasteiger partial charge on any atom is -0.478 e. The number of nitrogens with one attached hydrogen (secondary N) is 1. The molecule has 1 aromatic carbocycles. The van der Waals surface area contributed by atoms with E-state index in [2.05, 4.69) is 5.32 Å². The first-order valence-electron chi connectivity index (χ1n) is 9.20. The summed E-state index contributed by atoms with van der Waals surface area (Å²) in [6.45, 7) is 0. The number of imide groups is 1. The van der Waals surface area contributed by atoms with Crippen molar-refractivity contribution in [2.24, 2.45) is 0 Å². The van der Waals surface area contributed by atoms with Crippen molar-refractivity contribution in [1.29, 1.82) is 0 Å². The highest BCUT2D eigenvalue weighted by Crippen LogP contribution is 2.29. The summed E-state index contributed by atoms with van der Waals surface area (Å²) in [6.07, 6.45) is 8.18. The van der Waals surface area contributed by atoms with Crippen LogP contribution >= 0.6 is 23.4 Å². The Morgan fingerprint density at radius 1 is 1.17 bits per heavy atom. The maximum absolute atomic E-state index is 12.8. The Morgan fingerprint density at radius 2 is 1.90 bits per heavy atom. The summed E-state index contributed by atoms with van der Waals surface area (Å²) in [4.78, 5) is 49.5. The van der Waals surface area contributed by atoms with Crippen LogP contribution in [-0.2, 0) is 14.4 Å². The Kier molecular flexibility index (Phi) is 7.12. The number of anilines is 1. The summed E-state index contributed by atoms with van der Waals surface area (Å²) in [5, 5.41) is 11.8. The Hall–Kier alpha value is -2.84. The van der Waals surface area contributed by atoms with E-state index in [9.17, 15) is 19.2 Å². The van der Waals surface area contributed by atoms with E-state index in [1.165, 1.54) is 36.0 Å². The molecule has 1 aromatic rings. The number of aromatic carboxylic acids is 1. The fraction of sp³-hybridized carbons (Fsp3) is 0.238. The number of allylic oxidation sites excluding steroid dienone is 5. The molecule has 1 saturated heterocycles. The lowest BCUT2D eigenvalue weighted by Crippen LogP contribution is -2.47. The molecule has 156 valence electrons. The van der Waals surface area contributed by atoms with Crippen LogP contribution in [0.25, 0.3) is 0 Å². The molecule has 0 aromatic heterocycles. The number of nitrogens with zero attached hydrogens (tertiary/aromatic N) is 1. The third-order valence-corrected chi connectivity index (χ3v) is 6.06. The summed E-state index contributed by atoms with van der Waals surface area (Å²) in [7, 11) is 0. The Labute approximate surface area is 182 Å². The lowest BCUT2D eigenvalue weighted by molar-refractivity contribution is -0.128. The average molecular weight is 447 g/mol. The van der Waals surface area contributed by atoms with Gasteiger partial charge in [0.1, 0.15) is 0 Å². The molecule has 30 heavy (non-hydrogen) atoms. The van der Waals surface area contributed by atoms with Gasteiger partial charge in [-0.15, -0.1) is 11.8 Å². The van der Waals surface area contributed by atoms with Crippen LogP contribution in [0.1, 0.15) is 29.6 Å². The van der Waals surface area contributed by atoms with Crippen molar-refractivity contribution in [2.45, 2.75) is 24.5 Å². The molecule has 1 unspecified atom stereocenters. The topological polar surface area (TPSA) is 104 Å². The van der Waals surface area contributed by atoms with Crippen molar-refractivity contribution >= 4 is 52.7 Å². The number of carbonyl (C=O) groups excluding carboxylic acids is 3. The molecular weight excluding hydrogens is 428 g/mol. The SMILES string of the molecule is O=C(CSC1CCC(=O)N(c2ccc(C(=O)O)cc2)C1=O)NC1=CCC=C(Cl)C=C1. The highest BCUT2D eigenvalue weighted by atomic mass is 35.5. The van der Waals surface area contributed by atoms with Crippen molar-refractivity contribution in [1.82, 2.24) is 5.32 Å². The van der Waals surface area contributed by atoms with Gasteiger partial charge < -0.3 is 10.4 Å². The highest BCUT2D eigenvalue weighted by Gasteiger charge is 2.36. The van der Waals surface area contributed by atoms with Gasteiger partial charge >= 0.3 is 5.97 Å². The number of piperidine rings is 1. The number of amides is 3. The normalized spacial score (nSPS) is 19.1. The summed E-state index contributed by atoms with van der Waals surface area (Å²) >= 11 is 7.10. The van der Waals surface area contributed by atoms with Crippen molar-refractivity contribution < 1.29 is 24.3 Å². The van der Waals surface area contributed by atoms with Crippen molar-refractivity contribution in [3.63, 3.8) is 0 Å². The lowest BCUT2D eigenvalue weighted by Gasteiger charge is -2.30. The van der Waals surface area contributed by atoms with Crippen LogP contribution in [0.5, 0.6) is 0 Å². The fourth-order valence-electron chi connectivity index (χ4n) is 3.01. The van der Waals surface area contributed by atoms with Crippen molar-refractivity contribution in [3.8, 4) is 0 Å². The van der Waals surface area contributed by atoms with E-state index in [0.29, 0.717) is 29.3 Å². The van der Waals surface area contributed by atoms with Crippen LogP contribution in [0, 0.1) is 0 Å². The van der Waals surface area contributed by atoms with E-state index in [-0.39, 0.29) is 29.6 Å². The average Bonchev–Trinajstić information content (AvgIpc) is 2.92. The van der Waals surface area contributed by atoms with Crippen LogP contribution < -0.4 is 10.2 Å². The maximum Gasteiger partial charge on any atom is 0.335 e. The molecule has 2 N–H and O–H groups in total. The van der Waals surface area contributed by atoms with Gasteiger partial charge in [-0.2, -0.15) is 0 Å². The molecule has 1 fully saturated rings. The number of hydrogen-bond donors (Lipinski definition) is 2. The minimum atomic E-state index is -1.09. The molecule has 1 heterocycles. The third kappa shape index (κ3) is 5.40. The minimum absolute atomic E-state index is 0.0583. The van der Waals surface area contributed by atoms with Gasteiger partial charge in [-0.25, -0.2) is 9.69 Å². The van der Waals surface area contributed by atoms with E-state index in [0.717, 1.165) is 4.90 Å². The molecule has 3 amide bonds. The Balaban J connectivity index is 1.60. The maximum atomic E-state index is 12.8. The molecule has 0 saturated carbocycles. The monoisotopic (exact) mass is 446 g/mol. The number of benzene rings is 1. The first-order chi connectivity index (χ1) is 14.3. The zero-order valence-corrected chi connectivity index (χ0v) is 17.4. The van der Waals surface area contributed by atoms with Crippen LogP contribution in [-0.4, -0.2) is 39.8 Å². The molecule has 3 rings (SSSR count). The second-order valence-electron chi connectivity index (χ2n) is 6.62. The number of rotatable bonds is 6. The number of halogens is 1. The Bertz CT molecular complexity index is 968. The summed E-state index contributed by atoms with van der Waals surface area (Å²) < 4.78 is 0. The predicted octanol–water partition coefficient (Wildman–Crippen LogP) is 3.22. The van der Waals surface area contributed by atoms with Crippen molar-refractivity contribution in [3.05, 3.63) is 64.9 Å². The summed E-state index contributed by atoms with van der Waals surface area (Å²) in [6, 6.07) is 5.56. The number of thioether (sulfide) groups is 1. The number of carboxylic acids is 1. The van der Waals surface area contributed by atoms with Gasteiger partial charge in [0.25, 0.3) is 0 Å². The van der Waals surface area contributed by atoms with Gasteiger partial charge in [-0.05, 0) is 49.3 Å². The Morgan fingerprint density at radius 3 is 2.60 bits per heavy atom. The first kappa shape index (κ1) is 21.9. The molecule has 9 heteroatoms. The third-order valence-electron chi connectivity index (χ3n) is 4.51. The van der Waals surface area contributed by atoms with Gasteiger partial charge in [0.15, 0.2) is 0 Å². The first-order valence-corrected chi connectivity index (χ1v) is 10.6. The second-order valence-corrected chi connectivity index (χ2v) is 8.25. The standard InChI is InChI=1S/C21H19ClN2O5S/c22-14-2-1-3-15(7-6-14)23-18(25)12-30-17-10-11-19(26)24(20(17)27)16-8-4-13(5-9-16)21(28)29/h2-9,17H,1,10-12H2,(H,23,25)(H,28,29). The zero-order valence-electron chi connectivity index (χ0n) is 15.8. The van der Waals surface area contributed by atoms with E-state index in [1.54, 1.807) is 12.2 Å². The number of carbonyl (C=O) groups is 4. The van der Waals surface area contributed by atoms with E-state index >= 15 is 0 Å². The fourth-order valence-corrected chi connectivity index (χ4v) is 4.11. The zero-order chi connectivity index (χ0) is 21.7. The van der Waals surface area contributed by atoms with E-state index < -0.39 is 17.1 Å². The molecule has 2 aliphatic rings. The molecule has 1 aliphatic carbocycles. The molecule has 0 bridgehead atoms. The highest BCUT2D eigenvalue weighted by molar-refractivity contribution is 8.01. The van der Waals surface area contributed by atoms with Crippen LogP contribution in [0.4, 0.5) is 5.69 Å². The number of carboxylic acid groups (broad SMARTS) is 1. The molecule has 1 aliphatic heterocycles. The van der Waals surface area contributed by atoms with Crippen molar-refractivity contribution in [2.75, 3.05) is 10.7 Å². The van der Waals surface area contributed by atoms with E-state index in [4.69, 9.17) is 16.7 Å². The van der Waals surface area contributed by atoms with Gasteiger partial charge in [0, 0.05) is 17.2 Å². The largest absolute Gasteiger partial charge is 0.478 e. The predicted molar refractivity (Wildman–Crippen MR) is 115 cm³/mol. The quantitative estimate of drug-likeness (QED) is 0.650. The molecular formula is C21H19ClN2O5S. The molecule has 0 spiro atoms. The summed E-state index contributed by atoms with van der Waals surface area (Å²) in [5.41, 5.74) is 1.03. The van der Waals surface area contributed by atoms with E-state index in [1.807, 2.05) is 12.2 Å². The van der Waals surface area contributed by atoms with Crippen LogP contribution in [0.2, 0.25) is 0 Å². The smallest absolute Gasteiger partial charge is 0.335 e. The van der Waals surface area contributed by atoms with Gasteiger partial charge in [-0.1, -0.05) is 23.8 Å². The van der Waals surface area contributed by atoms with Crippen LogP contribution in [0.15, 0.2) is 59.3 Å². The van der Waals surface area contributed by atoms with Gasteiger partial charge in [0.2, 0.25) is 17.7 Å².